The van der Waals surface area contributed by atoms with Gasteiger partial charge in [0.1, 0.15) is 11.7 Å². The molecule has 5 nitrogen and oxygen atoms in total. The summed E-state index contributed by atoms with van der Waals surface area (Å²) in [5.74, 6) is -0.925. The SMILES string of the molecule is CC(NC(=O)c1cc(Br)c[nH]1)C(N)=O. The third-order valence-electron chi connectivity index (χ3n) is 1.67. The molecule has 0 saturated heterocycles. The van der Waals surface area contributed by atoms with E-state index in [1.807, 2.05) is 0 Å². The van der Waals surface area contributed by atoms with Gasteiger partial charge in [0.25, 0.3) is 5.91 Å². The Kier molecular flexibility index (Phi) is 3.29. The summed E-state index contributed by atoms with van der Waals surface area (Å²) in [5.41, 5.74) is 5.37. The molecule has 0 saturated carbocycles. The summed E-state index contributed by atoms with van der Waals surface area (Å²) < 4.78 is 0.773. The first-order valence-corrected chi connectivity index (χ1v) is 4.74. The van der Waals surface area contributed by atoms with E-state index in [2.05, 4.69) is 26.2 Å². The second kappa shape index (κ2) is 4.28. The number of hydrogen-bond donors (Lipinski definition) is 3. The van der Waals surface area contributed by atoms with Crippen molar-refractivity contribution < 1.29 is 9.59 Å². The number of aromatic nitrogens is 1. The van der Waals surface area contributed by atoms with Gasteiger partial charge in [-0.15, -0.1) is 0 Å². The summed E-state index contributed by atoms with van der Waals surface area (Å²) in [5, 5.41) is 2.44. The topological polar surface area (TPSA) is 88.0 Å². The molecule has 2 amide bonds. The van der Waals surface area contributed by atoms with E-state index in [0.717, 1.165) is 4.47 Å². The van der Waals surface area contributed by atoms with Gasteiger partial charge in [0, 0.05) is 10.7 Å². The monoisotopic (exact) mass is 259 g/mol. The van der Waals surface area contributed by atoms with Crippen LogP contribution in [0.15, 0.2) is 16.7 Å². The van der Waals surface area contributed by atoms with Gasteiger partial charge in [-0.2, -0.15) is 0 Å². The molecule has 6 heteroatoms. The minimum absolute atomic E-state index is 0.359. The molecule has 0 spiro atoms. The Bertz CT molecular complexity index is 361. The number of nitrogens with one attached hydrogen (secondary N) is 2. The molecule has 1 heterocycles. The molecular formula is C8H10BrN3O2. The van der Waals surface area contributed by atoms with E-state index >= 15 is 0 Å². The van der Waals surface area contributed by atoms with Crippen LogP contribution < -0.4 is 11.1 Å². The lowest BCUT2D eigenvalue weighted by Gasteiger charge is -2.08. The lowest BCUT2D eigenvalue weighted by atomic mass is 10.3. The Morgan fingerprint density at radius 3 is 2.71 bits per heavy atom. The van der Waals surface area contributed by atoms with E-state index in [0.29, 0.717) is 5.69 Å². The largest absolute Gasteiger partial charge is 0.368 e. The van der Waals surface area contributed by atoms with Gasteiger partial charge in [-0.3, -0.25) is 9.59 Å². The van der Waals surface area contributed by atoms with Crippen LogP contribution in [0.1, 0.15) is 17.4 Å². The smallest absolute Gasteiger partial charge is 0.268 e. The van der Waals surface area contributed by atoms with E-state index in [1.165, 1.54) is 6.92 Å². The Labute approximate surface area is 89.2 Å². The molecule has 1 rings (SSSR count). The first kappa shape index (κ1) is 10.8. The van der Waals surface area contributed by atoms with Gasteiger partial charge in [-0.1, -0.05) is 0 Å². The summed E-state index contributed by atoms with van der Waals surface area (Å²) in [6.07, 6.45) is 1.63. The van der Waals surface area contributed by atoms with Crippen LogP contribution in [0, 0.1) is 0 Å². The molecular weight excluding hydrogens is 250 g/mol. The molecule has 0 aromatic carbocycles. The zero-order valence-electron chi connectivity index (χ0n) is 7.50. The van der Waals surface area contributed by atoms with E-state index in [-0.39, 0.29) is 5.91 Å². The second-order valence-corrected chi connectivity index (χ2v) is 3.74. The average molecular weight is 260 g/mol. The maximum absolute atomic E-state index is 11.4. The summed E-state index contributed by atoms with van der Waals surface area (Å²) in [6, 6.07) is 0.938. The molecule has 0 bridgehead atoms. The van der Waals surface area contributed by atoms with Crippen molar-refractivity contribution in [2.75, 3.05) is 0 Å². The Hall–Kier alpha value is -1.30. The summed E-state index contributed by atoms with van der Waals surface area (Å²) in [7, 11) is 0. The Balaban J connectivity index is 2.63. The van der Waals surface area contributed by atoms with Crippen molar-refractivity contribution in [3.8, 4) is 0 Å². The molecule has 1 aromatic rings. The molecule has 4 N–H and O–H groups in total. The van der Waals surface area contributed by atoms with Crippen LogP contribution in [0.3, 0.4) is 0 Å². The Morgan fingerprint density at radius 2 is 2.29 bits per heavy atom. The number of nitrogens with two attached hydrogens (primary N) is 1. The minimum atomic E-state index is -0.676. The fraction of sp³-hybridized carbons (Fsp3) is 0.250. The number of carbonyl (C=O) groups excluding carboxylic acids is 2. The van der Waals surface area contributed by atoms with E-state index in [1.54, 1.807) is 12.3 Å². The number of carbonyl (C=O) groups is 2. The van der Waals surface area contributed by atoms with Gasteiger partial charge in [0.05, 0.1) is 0 Å². The number of halogens is 1. The number of amides is 2. The molecule has 0 aliphatic heterocycles. The number of H-pyrrole nitrogens is 1. The molecule has 1 atom stereocenters. The van der Waals surface area contributed by atoms with Gasteiger partial charge < -0.3 is 16.0 Å². The van der Waals surface area contributed by atoms with Crippen molar-refractivity contribution >= 4 is 27.7 Å². The molecule has 1 aromatic heterocycles. The highest BCUT2D eigenvalue weighted by atomic mass is 79.9. The van der Waals surface area contributed by atoms with Crippen molar-refractivity contribution in [3.63, 3.8) is 0 Å². The number of aromatic amines is 1. The maximum Gasteiger partial charge on any atom is 0.268 e. The van der Waals surface area contributed by atoms with E-state index < -0.39 is 11.9 Å². The molecule has 14 heavy (non-hydrogen) atoms. The number of primary amides is 1. The van der Waals surface area contributed by atoms with Gasteiger partial charge in [-0.05, 0) is 28.9 Å². The van der Waals surface area contributed by atoms with E-state index in [4.69, 9.17) is 5.73 Å². The minimum Gasteiger partial charge on any atom is -0.368 e. The standard InChI is InChI=1S/C8H10BrN3O2/c1-4(7(10)13)12-8(14)6-2-5(9)3-11-6/h2-4,11H,1H3,(H2,10,13)(H,12,14). The van der Waals surface area contributed by atoms with Crippen molar-refractivity contribution in [3.05, 3.63) is 22.4 Å². The molecule has 0 radical (unpaired) electrons. The molecule has 0 aliphatic rings. The van der Waals surface area contributed by atoms with Gasteiger partial charge in [0.2, 0.25) is 5.91 Å². The Morgan fingerprint density at radius 1 is 1.64 bits per heavy atom. The average Bonchev–Trinajstić information content (AvgIpc) is 2.51. The number of rotatable bonds is 3. The predicted molar refractivity (Wildman–Crippen MR) is 54.6 cm³/mol. The van der Waals surface area contributed by atoms with Crippen LogP contribution in [-0.2, 0) is 4.79 Å². The van der Waals surface area contributed by atoms with Crippen LogP contribution in [0.2, 0.25) is 0 Å². The summed E-state index contributed by atoms with van der Waals surface area (Å²) >= 11 is 3.19. The van der Waals surface area contributed by atoms with Crippen LogP contribution in [0.25, 0.3) is 0 Å². The maximum atomic E-state index is 11.4. The highest BCUT2D eigenvalue weighted by Gasteiger charge is 2.14. The summed E-state index contributed by atoms with van der Waals surface area (Å²) in [6.45, 7) is 1.53. The molecule has 0 fully saturated rings. The summed E-state index contributed by atoms with van der Waals surface area (Å²) in [4.78, 5) is 24.8. The van der Waals surface area contributed by atoms with Crippen LogP contribution in [-0.4, -0.2) is 22.8 Å². The highest BCUT2D eigenvalue weighted by Crippen LogP contribution is 2.10. The predicted octanol–water partition coefficient (Wildman–Crippen LogP) is 0.381. The molecule has 0 aliphatic carbocycles. The fourth-order valence-electron chi connectivity index (χ4n) is 0.845. The van der Waals surface area contributed by atoms with Gasteiger partial charge in [-0.25, -0.2) is 0 Å². The number of hydrogen-bond acceptors (Lipinski definition) is 2. The normalized spacial score (nSPS) is 12.1. The van der Waals surface area contributed by atoms with Crippen molar-refractivity contribution in [1.29, 1.82) is 0 Å². The highest BCUT2D eigenvalue weighted by molar-refractivity contribution is 9.10. The van der Waals surface area contributed by atoms with Gasteiger partial charge >= 0.3 is 0 Å². The molecule has 1 unspecified atom stereocenters. The zero-order valence-corrected chi connectivity index (χ0v) is 9.09. The van der Waals surface area contributed by atoms with Crippen molar-refractivity contribution in [2.45, 2.75) is 13.0 Å². The van der Waals surface area contributed by atoms with Crippen LogP contribution >= 0.6 is 15.9 Å². The first-order valence-electron chi connectivity index (χ1n) is 3.95. The third kappa shape index (κ3) is 2.59. The third-order valence-corrected chi connectivity index (χ3v) is 2.12. The lowest BCUT2D eigenvalue weighted by Crippen LogP contribution is -2.42. The lowest BCUT2D eigenvalue weighted by molar-refractivity contribution is -0.119. The van der Waals surface area contributed by atoms with Crippen molar-refractivity contribution in [2.24, 2.45) is 5.73 Å². The van der Waals surface area contributed by atoms with E-state index in [9.17, 15) is 9.59 Å². The first-order chi connectivity index (χ1) is 6.50. The zero-order chi connectivity index (χ0) is 10.7. The van der Waals surface area contributed by atoms with Crippen LogP contribution in [0.5, 0.6) is 0 Å². The quantitative estimate of drug-likeness (QED) is 0.733. The molecule has 76 valence electrons. The van der Waals surface area contributed by atoms with Crippen molar-refractivity contribution in [1.82, 2.24) is 10.3 Å². The van der Waals surface area contributed by atoms with Crippen LogP contribution in [0.4, 0.5) is 0 Å². The second-order valence-electron chi connectivity index (χ2n) is 2.83. The fourth-order valence-corrected chi connectivity index (χ4v) is 1.19. The van der Waals surface area contributed by atoms with Gasteiger partial charge in [0.15, 0.2) is 0 Å².